The van der Waals surface area contributed by atoms with Gasteiger partial charge in [0.25, 0.3) is 5.56 Å². The fourth-order valence-corrected chi connectivity index (χ4v) is 6.76. The molecule has 0 saturated heterocycles. The number of thiazole rings is 1. The van der Waals surface area contributed by atoms with Crippen molar-refractivity contribution >= 4 is 55.7 Å². The number of aryl methyl sites for hydroxylation is 2. The third-order valence-electron chi connectivity index (χ3n) is 5.61. The number of fused-ring (bicyclic) bond motifs is 3. The number of carbonyl (C=O) groups is 1. The first-order chi connectivity index (χ1) is 15.5. The molecule has 1 aliphatic carbocycles. The number of thiophene rings is 1. The van der Waals surface area contributed by atoms with E-state index in [0.717, 1.165) is 40.7 Å². The molecule has 1 aromatic carbocycles. The average molecular weight is 483 g/mol. The molecule has 9 heteroatoms. The summed E-state index contributed by atoms with van der Waals surface area (Å²) in [6.45, 7) is 1.82. The Morgan fingerprint density at radius 1 is 1.19 bits per heavy atom. The number of carbonyl (C=O) groups excluding carboxylic acids is 1. The van der Waals surface area contributed by atoms with Crippen LogP contribution >= 0.6 is 34.4 Å². The van der Waals surface area contributed by atoms with E-state index in [1.807, 2.05) is 42.6 Å². The number of benzene rings is 1. The van der Waals surface area contributed by atoms with Gasteiger partial charge < -0.3 is 5.32 Å². The zero-order valence-electron chi connectivity index (χ0n) is 17.8. The molecule has 1 amide bonds. The molecule has 0 bridgehead atoms. The lowest BCUT2D eigenvalue weighted by molar-refractivity contribution is -0.115. The van der Waals surface area contributed by atoms with Crippen LogP contribution in [-0.2, 0) is 24.7 Å². The number of hydrogen-bond acceptors (Lipinski definition) is 7. The first-order valence-corrected chi connectivity index (χ1v) is 13.1. The maximum absolute atomic E-state index is 13.1. The first kappa shape index (κ1) is 21.4. The first-order valence-electron chi connectivity index (χ1n) is 10.5. The Kier molecular flexibility index (Phi) is 5.88. The molecule has 0 radical (unpaired) electrons. The van der Waals surface area contributed by atoms with Gasteiger partial charge >= 0.3 is 0 Å². The summed E-state index contributed by atoms with van der Waals surface area (Å²) in [6.07, 6.45) is 4.27. The van der Waals surface area contributed by atoms with Crippen LogP contribution in [0.25, 0.3) is 21.5 Å². The Hall–Kier alpha value is -2.49. The lowest BCUT2D eigenvalue weighted by atomic mass is 9.97. The van der Waals surface area contributed by atoms with Crippen LogP contribution in [0.15, 0.2) is 45.7 Å². The zero-order chi connectivity index (χ0) is 22.2. The molecule has 32 heavy (non-hydrogen) atoms. The summed E-state index contributed by atoms with van der Waals surface area (Å²) in [5, 5.41) is 6.29. The topological polar surface area (TPSA) is 76.9 Å². The van der Waals surface area contributed by atoms with Crippen molar-refractivity contribution in [2.45, 2.75) is 43.0 Å². The maximum atomic E-state index is 13.1. The van der Waals surface area contributed by atoms with Gasteiger partial charge in [-0.15, -0.1) is 22.7 Å². The predicted octanol–water partition coefficient (Wildman–Crippen LogP) is 5.12. The second kappa shape index (κ2) is 8.80. The highest BCUT2D eigenvalue weighted by atomic mass is 32.2. The molecule has 6 nitrogen and oxygen atoms in total. The smallest absolute Gasteiger partial charge is 0.262 e. The van der Waals surface area contributed by atoms with E-state index in [4.69, 9.17) is 4.98 Å². The van der Waals surface area contributed by atoms with Crippen molar-refractivity contribution < 1.29 is 4.79 Å². The largest absolute Gasteiger partial charge is 0.301 e. The lowest BCUT2D eigenvalue weighted by Gasteiger charge is -2.13. The highest BCUT2D eigenvalue weighted by Gasteiger charge is 2.23. The summed E-state index contributed by atoms with van der Waals surface area (Å²) in [5.74, 6) is -0.163. The summed E-state index contributed by atoms with van der Waals surface area (Å²) < 4.78 is 1.58. The Morgan fingerprint density at radius 3 is 2.78 bits per heavy atom. The van der Waals surface area contributed by atoms with E-state index in [0.29, 0.717) is 10.3 Å². The Morgan fingerprint density at radius 2 is 1.97 bits per heavy atom. The monoisotopic (exact) mass is 482 g/mol. The molecule has 0 fully saturated rings. The number of rotatable bonds is 5. The molecule has 1 aliphatic rings. The van der Waals surface area contributed by atoms with E-state index in [1.165, 1.54) is 40.0 Å². The highest BCUT2D eigenvalue weighted by molar-refractivity contribution is 8.00. The Labute approximate surface area is 197 Å². The minimum atomic E-state index is -0.427. The van der Waals surface area contributed by atoms with Gasteiger partial charge in [-0.25, -0.2) is 9.97 Å². The van der Waals surface area contributed by atoms with Crippen molar-refractivity contribution in [1.29, 1.82) is 0 Å². The van der Waals surface area contributed by atoms with Gasteiger partial charge in [0.05, 0.1) is 16.3 Å². The van der Waals surface area contributed by atoms with E-state index < -0.39 is 5.25 Å². The van der Waals surface area contributed by atoms with Crippen molar-refractivity contribution in [1.82, 2.24) is 14.5 Å². The van der Waals surface area contributed by atoms with Gasteiger partial charge in [-0.1, -0.05) is 42.1 Å². The van der Waals surface area contributed by atoms with E-state index in [9.17, 15) is 9.59 Å². The van der Waals surface area contributed by atoms with Crippen LogP contribution in [0.1, 0.15) is 30.2 Å². The molecular weight excluding hydrogens is 460 g/mol. The maximum Gasteiger partial charge on any atom is 0.262 e. The van der Waals surface area contributed by atoms with Crippen LogP contribution in [-0.4, -0.2) is 25.7 Å². The molecule has 0 spiro atoms. The van der Waals surface area contributed by atoms with E-state index in [2.05, 4.69) is 10.3 Å². The highest BCUT2D eigenvalue weighted by Crippen LogP contribution is 2.35. The van der Waals surface area contributed by atoms with Gasteiger partial charge in [-0.2, -0.15) is 0 Å². The summed E-state index contributed by atoms with van der Waals surface area (Å²) in [4.78, 5) is 37.3. The number of thioether (sulfide) groups is 1. The molecule has 5 rings (SSSR count). The Balaban J connectivity index is 1.34. The fourth-order valence-electron chi connectivity index (χ4n) is 3.86. The summed E-state index contributed by atoms with van der Waals surface area (Å²) >= 11 is 4.33. The molecule has 1 atom stereocenters. The molecule has 3 heterocycles. The predicted molar refractivity (Wildman–Crippen MR) is 133 cm³/mol. The number of amides is 1. The van der Waals surface area contributed by atoms with Gasteiger partial charge in [-0.05, 0) is 38.2 Å². The standard InChI is InChI=1S/C23H22N4O2S3/c1-13(19(28)25-22-24-16(12-30-22)14-8-4-3-5-9-14)31-23-26-20-18(21(29)27(23)2)15-10-6-7-11-17(15)32-20/h3-5,8-9,12-13H,6-7,10-11H2,1-2H3,(H,24,25,28). The molecule has 0 saturated carbocycles. The number of hydrogen-bond donors (Lipinski definition) is 1. The van der Waals surface area contributed by atoms with Crippen molar-refractivity contribution in [2.75, 3.05) is 5.32 Å². The van der Waals surface area contributed by atoms with Gasteiger partial charge in [0.15, 0.2) is 10.3 Å². The fraction of sp³-hybridized carbons (Fsp3) is 0.304. The molecule has 3 aromatic heterocycles. The van der Waals surface area contributed by atoms with Gasteiger partial charge in [-0.3, -0.25) is 14.2 Å². The minimum absolute atomic E-state index is 0.0167. The van der Waals surface area contributed by atoms with Crippen LogP contribution in [0, 0.1) is 0 Å². The second-order valence-electron chi connectivity index (χ2n) is 7.80. The third kappa shape index (κ3) is 4.00. The van der Waals surface area contributed by atoms with E-state index >= 15 is 0 Å². The molecule has 0 aliphatic heterocycles. The van der Waals surface area contributed by atoms with Crippen molar-refractivity contribution in [3.8, 4) is 11.3 Å². The number of nitrogens with zero attached hydrogens (tertiary/aromatic N) is 3. The summed E-state index contributed by atoms with van der Waals surface area (Å²) in [5.41, 5.74) is 3.02. The number of anilines is 1. The molecule has 1 N–H and O–H groups in total. The Bertz CT molecular complexity index is 1360. The SMILES string of the molecule is CC(Sc1nc2sc3c(c2c(=O)n1C)CCCC3)C(=O)Nc1nc(-c2ccccc2)cs1. The summed E-state index contributed by atoms with van der Waals surface area (Å²) in [6, 6.07) is 9.86. The van der Waals surface area contributed by atoms with Gasteiger partial charge in [0, 0.05) is 22.9 Å². The van der Waals surface area contributed by atoms with Crippen LogP contribution in [0.4, 0.5) is 5.13 Å². The van der Waals surface area contributed by atoms with Crippen molar-refractivity contribution in [3.05, 3.63) is 56.5 Å². The van der Waals surface area contributed by atoms with E-state index in [1.54, 1.807) is 23.0 Å². The third-order valence-corrected chi connectivity index (χ3v) is 8.70. The zero-order valence-corrected chi connectivity index (χ0v) is 20.2. The number of nitrogens with one attached hydrogen (secondary N) is 1. The second-order valence-corrected chi connectivity index (χ2v) is 11.1. The van der Waals surface area contributed by atoms with Crippen LogP contribution in [0.3, 0.4) is 0 Å². The quantitative estimate of drug-likeness (QED) is 0.316. The van der Waals surface area contributed by atoms with Crippen molar-refractivity contribution in [3.63, 3.8) is 0 Å². The van der Waals surface area contributed by atoms with Crippen LogP contribution in [0.2, 0.25) is 0 Å². The van der Waals surface area contributed by atoms with Gasteiger partial charge in [0.2, 0.25) is 5.91 Å². The molecule has 4 aromatic rings. The summed E-state index contributed by atoms with van der Waals surface area (Å²) in [7, 11) is 1.74. The normalized spacial score (nSPS) is 14.3. The lowest BCUT2D eigenvalue weighted by Crippen LogP contribution is -2.25. The average Bonchev–Trinajstić information content (AvgIpc) is 3.42. The molecule has 164 valence electrons. The van der Waals surface area contributed by atoms with E-state index in [-0.39, 0.29) is 11.5 Å². The number of aromatic nitrogens is 3. The minimum Gasteiger partial charge on any atom is -0.301 e. The van der Waals surface area contributed by atoms with Crippen molar-refractivity contribution in [2.24, 2.45) is 7.05 Å². The van der Waals surface area contributed by atoms with Crippen LogP contribution < -0.4 is 10.9 Å². The van der Waals surface area contributed by atoms with Gasteiger partial charge in [0.1, 0.15) is 4.83 Å². The molecular formula is C23H22N4O2S3. The molecule has 1 unspecified atom stereocenters. The van der Waals surface area contributed by atoms with Crippen LogP contribution in [0.5, 0.6) is 0 Å².